The SMILES string of the molecule is COC(=O)c1ccc([C@H](C)NC(=O)c2c(C)nn3c2N(Cc2cccc(N(C)C)c2)CC3)cc1.COC(=O)c1ccc([C@H](C)NC(=O)c2c(C)nn3c2NCC3)cc1. The van der Waals surface area contributed by atoms with Gasteiger partial charge < -0.3 is 35.2 Å². The van der Waals surface area contributed by atoms with E-state index in [1.165, 1.54) is 19.8 Å². The van der Waals surface area contributed by atoms with Crippen LogP contribution in [0.15, 0.2) is 72.8 Å². The third kappa shape index (κ3) is 8.83. The second kappa shape index (κ2) is 17.7. The second-order valence-electron chi connectivity index (χ2n) is 14.6. The van der Waals surface area contributed by atoms with Crippen LogP contribution in [0.3, 0.4) is 0 Å². The molecule has 0 fully saturated rings. The lowest BCUT2D eigenvalue weighted by Gasteiger charge is -2.21. The fraction of sp³-hybridized carbons (Fsp3) is 0.349. The van der Waals surface area contributed by atoms with Crippen molar-refractivity contribution in [3.63, 3.8) is 0 Å². The largest absolute Gasteiger partial charge is 0.465 e. The zero-order valence-electron chi connectivity index (χ0n) is 34.3. The standard InChI is InChI=1S/C26H31N5O3.C17H20N4O3/c1-17(20-9-11-21(12-10-20)26(33)34-5)27-24(32)23-18(2)28-31-14-13-30(25(23)31)16-19-7-6-8-22(15-19)29(3)4;1-10(12-4-6-13(7-5-12)17(23)24-3)19-16(22)14-11(2)20-21-9-8-18-15(14)21/h6-12,15,17H,13-14,16H2,1-5H3,(H,27,32);4-7,10,18H,8-9H2,1-3H3,(H,19,22)/t17-;10-/m00/s1. The lowest BCUT2D eigenvalue weighted by atomic mass is 10.1. The molecule has 2 aliphatic rings. The van der Waals surface area contributed by atoms with Gasteiger partial charge in [0, 0.05) is 39.4 Å². The molecule has 5 aromatic rings. The van der Waals surface area contributed by atoms with E-state index in [1.807, 2.05) is 75.4 Å². The molecule has 4 heterocycles. The molecular weight excluding hydrogens is 739 g/mol. The molecule has 0 unspecified atom stereocenters. The van der Waals surface area contributed by atoms with E-state index in [2.05, 4.69) is 64.9 Å². The van der Waals surface area contributed by atoms with Crippen molar-refractivity contribution < 1.29 is 28.7 Å². The molecule has 2 amide bonds. The number of anilines is 3. The van der Waals surface area contributed by atoms with Crippen molar-refractivity contribution in [2.45, 2.75) is 59.4 Å². The number of rotatable bonds is 11. The molecule has 0 aliphatic carbocycles. The number of nitrogens with zero attached hydrogens (tertiary/aromatic N) is 6. The quantitative estimate of drug-likeness (QED) is 0.146. The molecule has 15 nitrogen and oxygen atoms in total. The molecule has 2 aliphatic heterocycles. The van der Waals surface area contributed by atoms with E-state index >= 15 is 0 Å². The van der Waals surface area contributed by atoms with E-state index in [-0.39, 0.29) is 35.8 Å². The van der Waals surface area contributed by atoms with Gasteiger partial charge in [-0.1, -0.05) is 36.4 Å². The van der Waals surface area contributed by atoms with Crippen molar-refractivity contribution in [3.8, 4) is 0 Å². The molecule has 0 saturated heterocycles. The summed E-state index contributed by atoms with van der Waals surface area (Å²) < 4.78 is 13.2. The minimum Gasteiger partial charge on any atom is -0.465 e. The van der Waals surface area contributed by atoms with Crippen LogP contribution in [0.4, 0.5) is 17.3 Å². The molecule has 304 valence electrons. The molecule has 15 heteroatoms. The van der Waals surface area contributed by atoms with Crippen LogP contribution < -0.4 is 25.8 Å². The Kier molecular flexibility index (Phi) is 12.5. The van der Waals surface area contributed by atoms with Crippen LogP contribution in [0.5, 0.6) is 0 Å². The highest BCUT2D eigenvalue weighted by molar-refractivity contribution is 6.01. The first-order valence-corrected chi connectivity index (χ1v) is 19.2. The van der Waals surface area contributed by atoms with Gasteiger partial charge >= 0.3 is 11.9 Å². The highest BCUT2D eigenvalue weighted by Gasteiger charge is 2.31. The summed E-state index contributed by atoms with van der Waals surface area (Å²) in [5.74, 6) is 0.558. The van der Waals surface area contributed by atoms with Crippen molar-refractivity contribution in [1.29, 1.82) is 0 Å². The summed E-state index contributed by atoms with van der Waals surface area (Å²) in [6.45, 7) is 11.4. The van der Waals surface area contributed by atoms with E-state index in [9.17, 15) is 19.2 Å². The zero-order valence-corrected chi connectivity index (χ0v) is 34.3. The van der Waals surface area contributed by atoms with Crippen molar-refractivity contribution in [3.05, 3.63) is 123 Å². The summed E-state index contributed by atoms with van der Waals surface area (Å²) in [7, 11) is 6.76. The van der Waals surface area contributed by atoms with Crippen molar-refractivity contribution in [2.75, 3.05) is 56.5 Å². The molecular formula is C43H51N9O6. The van der Waals surface area contributed by atoms with Crippen molar-refractivity contribution in [1.82, 2.24) is 30.2 Å². The molecule has 0 radical (unpaired) electrons. The predicted molar refractivity (Wildman–Crippen MR) is 222 cm³/mol. The minimum atomic E-state index is -0.384. The number of hydrogen-bond acceptors (Lipinski definition) is 11. The predicted octanol–water partition coefficient (Wildman–Crippen LogP) is 5.45. The monoisotopic (exact) mass is 789 g/mol. The maximum Gasteiger partial charge on any atom is 0.337 e. The van der Waals surface area contributed by atoms with Crippen LogP contribution >= 0.6 is 0 Å². The Morgan fingerprint density at radius 1 is 0.741 bits per heavy atom. The lowest BCUT2D eigenvalue weighted by molar-refractivity contribution is 0.0592. The van der Waals surface area contributed by atoms with Gasteiger partial charge in [-0.05, 0) is 80.8 Å². The number of aromatic nitrogens is 4. The fourth-order valence-electron chi connectivity index (χ4n) is 7.17. The minimum absolute atomic E-state index is 0.155. The van der Waals surface area contributed by atoms with Gasteiger partial charge in [0.05, 0.1) is 61.9 Å². The van der Waals surface area contributed by atoms with E-state index < -0.39 is 0 Å². The number of amides is 2. The molecule has 2 aromatic heterocycles. The van der Waals surface area contributed by atoms with Gasteiger partial charge in [0.15, 0.2) is 0 Å². The Morgan fingerprint density at radius 2 is 1.28 bits per heavy atom. The number of carbonyl (C=O) groups is 4. The summed E-state index contributed by atoms with van der Waals surface area (Å²) in [6, 6.07) is 22.1. The maximum absolute atomic E-state index is 13.4. The number of methoxy groups -OCH3 is 2. The highest BCUT2D eigenvalue weighted by Crippen LogP contribution is 2.31. The van der Waals surface area contributed by atoms with Gasteiger partial charge in [-0.2, -0.15) is 10.2 Å². The highest BCUT2D eigenvalue weighted by atomic mass is 16.5. The molecule has 2 atom stereocenters. The summed E-state index contributed by atoms with van der Waals surface area (Å²) >= 11 is 0. The van der Waals surface area contributed by atoms with E-state index in [0.29, 0.717) is 40.2 Å². The Labute approximate surface area is 338 Å². The average Bonchev–Trinajstić information content (AvgIpc) is 3.99. The van der Waals surface area contributed by atoms with Crippen LogP contribution in [0.25, 0.3) is 0 Å². The van der Waals surface area contributed by atoms with Gasteiger partial charge in [-0.3, -0.25) is 9.59 Å². The van der Waals surface area contributed by atoms with Gasteiger partial charge in [0.25, 0.3) is 11.8 Å². The number of esters is 2. The van der Waals surface area contributed by atoms with Crippen LogP contribution in [0.1, 0.15) is 95.4 Å². The number of hydrogen-bond donors (Lipinski definition) is 3. The van der Waals surface area contributed by atoms with Gasteiger partial charge in [-0.15, -0.1) is 0 Å². The molecule has 7 rings (SSSR count). The number of carbonyl (C=O) groups excluding carboxylic acids is 4. The second-order valence-corrected chi connectivity index (χ2v) is 14.6. The molecule has 3 aromatic carbocycles. The van der Waals surface area contributed by atoms with Gasteiger partial charge in [0.2, 0.25) is 0 Å². The van der Waals surface area contributed by atoms with E-state index in [0.717, 1.165) is 54.6 Å². The molecule has 58 heavy (non-hydrogen) atoms. The number of aryl methyl sites for hydroxylation is 2. The first kappa shape index (κ1) is 41.0. The third-order valence-electron chi connectivity index (χ3n) is 10.3. The van der Waals surface area contributed by atoms with Crippen molar-refractivity contribution >= 4 is 41.1 Å². The number of nitrogens with one attached hydrogen (secondary N) is 3. The Hall–Kier alpha value is -6.64. The maximum atomic E-state index is 13.4. The summed E-state index contributed by atoms with van der Waals surface area (Å²) in [5, 5.41) is 18.3. The molecule has 0 spiro atoms. The Bertz CT molecular complexity index is 2300. The van der Waals surface area contributed by atoms with Crippen LogP contribution in [-0.2, 0) is 29.1 Å². The lowest BCUT2D eigenvalue weighted by Crippen LogP contribution is -2.29. The summed E-state index contributed by atoms with van der Waals surface area (Å²) in [4.78, 5) is 53.4. The number of benzene rings is 3. The first-order valence-electron chi connectivity index (χ1n) is 19.2. The molecule has 0 saturated carbocycles. The normalized spacial score (nSPS) is 13.6. The fourth-order valence-corrected chi connectivity index (χ4v) is 7.17. The van der Waals surface area contributed by atoms with Crippen LogP contribution in [0, 0.1) is 13.8 Å². The molecule has 3 N–H and O–H groups in total. The Balaban J connectivity index is 0.000000208. The number of ether oxygens (including phenoxy) is 2. The topological polar surface area (TPSA) is 165 Å². The van der Waals surface area contributed by atoms with E-state index in [1.54, 1.807) is 24.3 Å². The van der Waals surface area contributed by atoms with Crippen LogP contribution in [0.2, 0.25) is 0 Å². The first-order chi connectivity index (χ1) is 27.8. The summed E-state index contributed by atoms with van der Waals surface area (Å²) in [6.07, 6.45) is 0. The third-order valence-corrected chi connectivity index (χ3v) is 10.3. The molecule has 0 bridgehead atoms. The van der Waals surface area contributed by atoms with Gasteiger partial charge in [-0.25, -0.2) is 19.0 Å². The smallest absolute Gasteiger partial charge is 0.337 e. The Morgan fingerprint density at radius 3 is 1.83 bits per heavy atom. The average molecular weight is 790 g/mol. The zero-order chi connectivity index (χ0) is 41.7. The van der Waals surface area contributed by atoms with Crippen molar-refractivity contribution in [2.24, 2.45) is 0 Å². The number of fused-ring (bicyclic) bond motifs is 2. The summed E-state index contributed by atoms with van der Waals surface area (Å²) in [5.41, 5.74) is 7.72. The van der Waals surface area contributed by atoms with Gasteiger partial charge in [0.1, 0.15) is 22.8 Å². The van der Waals surface area contributed by atoms with E-state index in [4.69, 9.17) is 4.74 Å². The van der Waals surface area contributed by atoms with Crippen LogP contribution in [-0.4, -0.2) is 84.7 Å².